The number of fused-ring (bicyclic) bond motifs is 1. The third kappa shape index (κ3) is 3.12. The van der Waals surface area contributed by atoms with Gasteiger partial charge in [-0.05, 0) is 25.0 Å². The topological polar surface area (TPSA) is 82.6 Å². The summed E-state index contributed by atoms with van der Waals surface area (Å²) in [5.41, 5.74) is 2.23. The Kier molecular flexibility index (Phi) is 4.04. The highest BCUT2D eigenvalue weighted by molar-refractivity contribution is 5.85. The van der Waals surface area contributed by atoms with Crippen LogP contribution in [0.5, 0.6) is 5.75 Å². The molecule has 0 aliphatic carbocycles. The van der Waals surface area contributed by atoms with Gasteiger partial charge in [-0.25, -0.2) is 4.79 Å². The van der Waals surface area contributed by atoms with Gasteiger partial charge in [-0.15, -0.1) is 0 Å². The second kappa shape index (κ2) is 6.16. The molecule has 0 aliphatic rings. The van der Waals surface area contributed by atoms with Crippen molar-refractivity contribution in [3.63, 3.8) is 0 Å². The normalized spacial score (nSPS) is 10.8. The van der Waals surface area contributed by atoms with Crippen LogP contribution in [0.2, 0.25) is 0 Å². The van der Waals surface area contributed by atoms with E-state index in [1.165, 1.54) is 18.2 Å². The maximum absolute atomic E-state index is 11.5. The highest BCUT2D eigenvalue weighted by Crippen LogP contribution is 2.33. The van der Waals surface area contributed by atoms with Crippen LogP contribution in [0.3, 0.4) is 0 Å². The van der Waals surface area contributed by atoms with E-state index in [9.17, 15) is 14.9 Å². The van der Waals surface area contributed by atoms with Crippen molar-refractivity contribution in [2.75, 3.05) is 0 Å². The van der Waals surface area contributed by atoms with Gasteiger partial charge in [-0.2, -0.15) is 0 Å². The van der Waals surface area contributed by atoms with E-state index in [2.05, 4.69) is 0 Å². The van der Waals surface area contributed by atoms with Crippen LogP contribution in [0.4, 0.5) is 5.69 Å². The van der Waals surface area contributed by atoms with Gasteiger partial charge in [0.25, 0.3) is 0 Å². The van der Waals surface area contributed by atoms with Gasteiger partial charge in [0.1, 0.15) is 12.2 Å². The fraction of sp³-hybridized carbons (Fsp3) is 0.167. The van der Waals surface area contributed by atoms with E-state index in [0.29, 0.717) is 10.9 Å². The molecule has 0 saturated heterocycles. The Morgan fingerprint density at radius 2 is 1.83 bits per heavy atom. The molecule has 0 fully saturated rings. The zero-order valence-corrected chi connectivity index (χ0v) is 13.2. The van der Waals surface area contributed by atoms with E-state index < -0.39 is 10.5 Å². The van der Waals surface area contributed by atoms with Gasteiger partial charge in [-0.3, -0.25) is 10.1 Å². The summed E-state index contributed by atoms with van der Waals surface area (Å²) in [4.78, 5) is 22.3. The van der Waals surface area contributed by atoms with Crippen molar-refractivity contribution >= 4 is 16.7 Å². The zero-order chi connectivity index (χ0) is 17.3. The van der Waals surface area contributed by atoms with Crippen LogP contribution in [-0.4, -0.2) is 4.92 Å². The molecule has 3 rings (SSSR count). The number of hydrogen-bond acceptors (Lipinski definition) is 5. The molecular formula is C18H15NO5. The molecule has 0 amide bonds. The van der Waals surface area contributed by atoms with Gasteiger partial charge in [0.2, 0.25) is 5.75 Å². The summed E-state index contributed by atoms with van der Waals surface area (Å²) in [7, 11) is 0. The van der Waals surface area contributed by atoms with Gasteiger partial charge < -0.3 is 9.15 Å². The van der Waals surface area contributed by atoms with E-state index in [4.69, 9.17) is 9.15 Å². The van der Waals surface area contributed by atoms with Crippen LogP contribution in [0, 0.1) is 24.0 Å². The standard InChI is InChI=1S/C18H15NO5/c1-11-3-5-13(6-4-11)10-23-17-9-16-14(8-15(17)19(21)22)12(2)7-18(20)24-16/h3-9H,10H2,1-2H3. The molecule has 2 aromatic carbocycles. The minimum Gasteiger partial charge on any atom is -0.482 e. The van der Waals surface area contributed by atoms with Crippen LogP contribution in [0.15, 0.2) is 51.7 Å². The van der Waals surface area contributed by atoms with Crippen molar-refractivity contribution in [1.82, 2.24) is 0 Å². The smallest absolute Gasteiger partial charge is 0.336 e. The molecule has 1 aromatic heterocycles. The first kappa shape index (κ1) is 15.7. The first-order valence-corrected chi connectivity index (χ1v) is 7.35. The zero-order valence-electron chi connectivity index (χ0n) is 13.2. The van der Waals surface area contributed by atoms with Crippen LogP contribution in [0.1, 0.15) is 16.7 Å². The fourth-order valence-corrected chi connectivity index (χ4v) is 2.44. The van der Waals surface area contributed by atoms with Crippen LogP contribution in [0.25, 0.3) is 11.0 Å². The molecule has 0 radical (unpaired) electrons. The highest BCUT2D eigenvalue weighted by atomic mass is 16.6. The summed E-state index contributed by atoms with van der Waals surface area (Å²) in [6, 6.07) is 11.7. The lowest BCUT2D eigenvalue weighted by molar-refractivity contribution is -0.385. The van der Waals surface area contributed by atoms with Crippen molar-refractivity contribution in [2.45, 2.75) is 20.5 Å². The molecule has 0 aliphatic heterocycles. The van der Waals surface area contributed by atoms with E-state index in [1.54, 1.807) is 6.92 Å². The molecule has 0 N–H and O–H groups in total. The number of nitro groups is 1. The van der Waals surface area contributed by atoms with Crippen LogP contribution >= 0.6 is 0 Å². The number of aryl methyl sites for hydroxylation is 2. The summed E-state index contributed by atoms with van der Waals surface area (Å²) < 4.78 is 10.7. The SMILES string of the molecule is Cc1ccc(COc2cc3oc(=O)cc(C)c3cc2[N+](=O)[O-])cc1. The molecule has 6 nitrogen and oxygen atoms in total. The number of ether oxygens (including phenoxy) is 1. The second-order valence-corrected chi connectivity index (χ2v) is 5.60. The van der Waals surface area contributed by atoms with Crippen LogP contribution < -0.4 is 10.4 Å². The molecule has 0 bridgehead atoms. The molecule has 24 heavy (non-hydrogen) atoms. The maximum atomic E-state index is 11.5. The van der Waals surface area contributed by atoms with E-state index in [1.807, 2.05) is 31.2 Å². The molecule has 0 spiro atoms. The van der Waals surface area contributed by atoms with Crippen molar-refractivity contribution in [1.29, 1.82) is 0 Å². The Hall–Kier alpha value is -3.15. The Morgan fingerprint density at radius 1 is 1.12 bits per heavy atom. The lowest BCUT2D eigenvalue weighted by Gasteiger charge is -2.09. The Labute approximate surface area is 137 Å². The Morgan fingerprint density at radius 3 is 2.50 bits per heavy atom. The van der Waals surface area contributed by atoms with Gasteiger partial charge in [-0.1, -0.05) is 29.8 Å². The average Bonchev–Trinajstić information content (AvgIpc) is 2.53. The molecule has 0 saturated carbocycles. The minimum absolute atomic E-state index is 0.0711. The molecule has 3 aromatic rings. The van der Waals surface area contributed by atoms with Crippen molar-refractivity contribution in [3.8, 4) is 5.75 Å². The Balaban J connectivity index is 2.01. The number of nitrogens with zero attached hydrogens (tertiary/aromatic N) is 1. The van der Waals surface area contributed by atoms with E-state index >= 15 is 0 Å². The van der Waals surface area contributed by atoms with Gasteiger partial charge in [0, 0.05) is 23.6 Å². The largest absolute Gasteiger partial charge is 0.482 e. The summed E-state index contributed by atoms with van der Waals surface area (Å²) in [5.74, 6) is 0.0711. The van der Waals surface area contributed by atoms with Crippen molar-refractivity contribution in [2.24, 2.45) is 0 Å². The predicted molar refractivity (Wildman–Crippen MR) is 89.4 cm³/mol. The molecule has 1 heterocycles. The van der Waals surface area contributed by atoms with Crippen molar-refractivity contribution < 1.29 is 14.1 Å². The number of hydrogen-bond donors (Lipinski definition) is 0. The fourth-order valence-electron chi connectivity index (χ4n) is 2.44. The summed E-state index contributed by atoms with van der Waals surface area (Å²) >= 11 is 0. The average molecular weight is 325 g/mol. The quantitative estimate of drug-likeness (QED) is 0.413. The van der Waals surface area contributed by atoms with Crippen LogP contribution in [-0.2, 0) is 6.61 Å². The summed E-state index contributed by atoms with van der Waals surface area (Å²) in [6.45, 7) is 3.86. The van der Waals surface area contributed by atoms with Crippen molar-refractivity contribution in [3.05, 3.63) is 79.7 Å². The third-order valence-corrected chi connectivity index (χ3v) is 3.74. The molecule has 122 valence electrons. The lowest BCUT2D eigenvalue weighted by Crippen LogP contribution is -2.02. The van der Waals surface area contributed by atoms with E-state index in [-0.39, 0.29) is 23.6 Å². The first-order valence-electron chi connectivity index (χ1n) is 7.35. The van der Waals surface area contributed by atoms with Gasteiger partial charge in [0.05, 0.1) is 4.92 Å². The maximum Gasteiger partial charge on any atom is 0.336 e. The monoisotopic (exact) mass is 325 g/mol. The Bertz CT molecular complexity index is 973. The second-order valence-electron chi connectivity index (χ2n) is 5.60. The first-order chi connectivity index (χ1) is 11.4. The van der Waals surface area contributed by atoms with Gasteiger partial charge >= 0.3 is 11.3 Å². The lowest BCUT2D eigenvalue weighted by atomic mass is 10.1. The summed E-state index contributed by atoms with van der Waals surface area (Å²) in [6.07, 6.45) is 0. The summed E-state index contributed by atoms with van der Waals surface area (Å²) in [5, 5.41) is 11.9. The third-order valence-electron chi connectivity index (χ3n) is 3.74. The van der Waals surface area contributed by atoms with E-state index in [0.717, 1.165) is 11.1 Å². The predicted octanol–water partition coefficient (Wildman–Crippen LogP) is 3.90. The molecular weight excluding hydrogens is 310 g/mol. The minimum atomic E-state index is -0.505. The molecule has 0 atom stereocenters. The number of nitro benzene ring substituents is 1. The highest BCUT2D eigenvalue weighted by Gasteiger charge is 2.19. The molecule has 0 unspecified atom stereocenters. The number of rotatable bonds is 4. The van der Waals surface area contributed by atoms with Gasteiger partial charge in [0.15, 0.2) is 0 Å². The number of benzene rings is 2. The molecule has 6 heteroatoms.